The molecule has 0 aromatic heterocycles. The van der Waals surface area contributed by atoms with Crippen LogP contribution >= 0.6 is 23.2 Å². The summed E-state index contributed by atoms with van der Waals surface area (Å²) in [7, 11) is 0. The Morgan fingerprint density at radius 1 is 0.667 bits per heavy atom. The second kappa shape index (κ2) is 5.51. The maximum Gasteiger partial charge on any atom is 0.320 e. The summed E-state index contributed by atoms with van der Waals surface area (Å²) in [6, 6.07) is 14.3. The predicted octanol–water partition coefficient (Wildman–Crippen LogP) is 3.82. The van der Waals surface area contributed by atoms with Gasteiger partial charge in [0.1, 0.15) is 11.4 Å². The van der Waals surface area contributed by atoms with E-state index in [0.717, 1.165) is 0 Å². The van der Waals surface area contributed by atoms with Crippen LogP contribution in [0.3, 0.4) is 0 Å². The smallest absolute Gasteiger partial charge is 0.281 e. The molecular weight excluding hydrogens is 347 g/mol. The second-order valence-corrected chi connectivity index (χ2v) is 6.05. The topological polar surface area (TPSA) is 59.9 Å². The van der Waals surface area contributed by atoms with E-state index in [-0.39, 0.29) is 11.4 Å². The number of benzene rings is 2. The number of halogens is 2. The maximum absolute atomic E-state index is 12.0. The Morgan fingerprint density at radius 2 is 1.25 bits per heavy atom. The molecule has 0 spiro atoms. The van der Waals surface area contributed by atoms with Crippen LogP contribution in [0, 0.1) is 0 Å². The summed E-state index contributed by atoms with van der Waals surface area (Å²) in [5.41, 5.74) is 1.11. The van der Waals surface area contributed by atoms with Crippen molar-refractivity contribution in [3.05, 3.63) is 79.2 Å². The van der Waals surface area contributed by atoms with Crippen molar-refractivity contribution in [1.82, 2.24) is 9.97 Å². The molecule has 0 saturated heterocycles. The lowest BCUT2D eigenvalue weighted by Gasteiger charge is -2.07. The Kier molecular flexibility index (Phi) is 3.44. The van der Waals surface area contributed by atoms with E-state index >= 15 is 0 Å². The van der Waals surface area contributed by atoms with E-state index in [1.54, 1.807) is 36.4 Å². The highest BCUT2D eigenvalue weighted by atomic mass is 35.5. The number of hydrogen-bond acceptors (Lipinski definition) is 4. The lowest BCUT2D eigenvalue weighted by atomic mass is 9.99. The molecule has 4 nitrogen and oxygen atoms in total. The zero-order chi connectivity index (χ0) is 16.8. The van der Waals surface area contributed by atoms with Crippen LogP contribution in [0.5, 0.6) is 0 Å². The van der Waals surface area contributed by atoms with Gasteiger partial charge in [-0.05, 0) is 12.1 Å². The van der Waals surface area contributed by atoms with Crippen molar-refractivity contribution in [2.75, 3.05) is 0 Å². The molecule has 4 rings (SSSR count). The quantitative estimate of drug-likeness (QED) is 0.513. The van der Waals surface area contributed by atoms with Crippen LogP contribution in [-0.4, -0.2) is 9.97 Å². The van der Waals surface area contributed by atoms with Gasteiger partial charge < -0.3 is 0 Å². The van der Waals surface area contributed by atoms with Gasteiger partial charge in [0, 0.05) is 26.7 Å². The van der Waals surface area contributed by atoms with Gasteiger partial charge in [-0.3, -0.25) is 9.59 Å². The number of fused-ring (bicyclic) bond motifs is 1. The van der Waals surface area contributed by atoms with Crippen molar-refractivity contribution < 1.29 is 0 Å². The Balaban J connectivity index is 2.14. The van der Waals surface area contributed by atoms with Crippen molar-refractivity contribution in [3.8, 4) is 33.8 Å². The molecule has 24 heavy (non-hydrogen) atoms. The molecule has 0 fully saturated rings. The van der Waals surface area contributed by atoms with E-state index in [1.165, 1.54) is 0 Å². The van der Waals surface area contributed by atoms with Crippen molar-refractivity contribution in [2.45, 2.75) is 0 Å². The van der Waals surface area contributed by atoms with Crippen molar-refractivity contribution in [2.24, 2.45) is 0 Å². The zero-order valence-corrected chi connectivity index (χ0v) is 13.6. The molecule has 2 heterocycles. The van der Waals surface area contributed by atoms with Gasteiger partial charge in [0.05, 0.1) is 5.69 Å². The number of aromatic nitrogens is 2. The zero-order valence-electron chi connectivity index (χ0n) is 12.1. The highest BCUT2D eigenvalue weighted by Gasteiger charge is 2.29. The molecule has 2 aromatic rings. The van der Waals surface area contributed by atoms with Gasteiger partial charge in [0.15, 0.2) is 0 Å². The van der Waals surface area contributed by atoms with E-state index in [4.69, 9.17) is 23.2 Å². The first kappa shape index (κ1) is 15.0. The first-order valence-electron chi connectivity index (χ1n) is 7.09. The van der Waals surface area contributed by atoms with Gasteiger partial charge in [-0.15, -0.1) is 0 Å². The molecule has 116 valence electrons. The van der Waals surface area contributed by atoms with Gasteiger partial charge in [-0.25, -0.2) is 9.97 Å². The molecule has 0 bridgehead atoms. The number of rotatable bonds is 2. The molecule has 0 aliphatic carbocycles. The van der Waals surface area contributed by atoms with Crippen LogP contribution in [0.15, 0.2) is 58.1 Å². The number of nitrogens with zero attached hydrogens (tertiary/aromatic N) is 2. The van der Waals surface area contributed by atoms with E-state index in [1.807, 2.05) is 12.1 Å². The molecule has 0 atom stereocenters. The summed E-state index contributed by atoms with van der Waals surface area (Å²) in [5.74, 6) is 0. The van der Waals surface area contributed by atoms with Gasteiger partial charge in [0.25, 0.3) is 5.43 Å². The summed E-state index contributed by atoms with van der Waals surface area (Å²) in [5, 5.41) is 0.962. The molecule has 6 heteroatoms. The Bertz CT molecular complexity index is 1130. The SMILES string of the molecule is O=c1nc2c(-c3ccccc3Cl)c(-c3ccccc3Cl)nc-2c1=O. The average Bonchev–Trinajstić information content (AvgIpc) is 3.06. The molecular formula is C18H8Cl2N2O2. The third-order valence-corrected chi connectivity index (χ3v) is 4.48. The fraction of sp³-hybridized carbons (Fsp3) is 0. The molecule has 0 N–H and O–H groups in total. The summed E-state index contributed by atoms with van der Waals surface area (Å²) in [4.78, 5) is 31.9. The lowest BCUT2D eigenvalue weighted by Crippen LogP contribution is -2.19. The predicted molar refractivity (Wildman–Crippen MR) is 94.5 cm³/mol. The lowest BCUT2D eigenvalue weighted by molar-refractivity contribution is 1.30. The minimum atomic E-state index is -0.813. The first-order chi connectivity index (χ1) is 11.6. The monoisotopic (exact) mass is 354 g/mol. The summed E-state index contributed by atoms with van der Waals surface area (Å²) < 4.78 is 0. The second-order valence-electron chi connectivity index (χ2n) is 5.24. The molecule has 0 amide bonds. The van der Waals surface area contributed by atoms with E-state index in [2.05, 4.69) is 9.97 Å². The van der Waals surface area contributed by atoms with Crippen molar-refractivity contribution >= 4 is 23.2 Å². The minimum Gasteiger partial charge on any atom is -0.281 e. The van der Waals surface area contributed by atoms with Crippen LogP contribution in [0.25, 0.3) is 33.8 Å². The van der Waals surface area contributed by atoms with Gasteiger partial charge >= 0.3 is 5.56 Å². The fourth-order valence-corrected chi connectivity index (χ4v) is 3.19. The van der Waals surface area contributed by atoms with E-state index in [9.17, 15) is 9.59 Å². The molecule has 0 unspecified atom stereocenters. The third kappa shape index (κ3) is 2.15. The molecule has 2 aromatic carbocycles. The van der Waals surface area contributed by atoms with Crippen LogP contribution in [0.1, 0.15) is 0 Å². The molecule has 0 saturated carbocycles. The van der Waals surface area contributed by atoms with E-state index < -0.39 is 11.0 Å². The van der Waals surface area contributed by atoms with Crippen LogP contribution < -0.4 is 11.0 Å². The highest BCUT2D eigenvalue weighted by molar-refractivity contribution is 6.35. The molecule has 2 aliphatic heterocycles. The molecule has 0 radical (unpaired) electrons. The molecule has 2 aliphatic rings. The summed E-state index contributed by atoms with van der Waals surface area (Å²) in [6.07, 6.45) is 0. The van der Waals surface area contributed by atoms with Crippen LogP contribution in [0.4, 0.5) is 0 Å². The first-order valence-corrected chi connectivity index (χ1v) is 7.84. The Hall–Kier alpha value is -2.56. The van der Waals surface area contributed by atoms with Gasteiger partial charge in [-0.1, -0.05) is 59.6 Å². The fourth-order valence-electron chi connectivity index (χ4n) is 2.74. The standard InChI is InChI=1S/C18H8Cl2N2O2/c19-11-7-3-1-5-9(11)13-14(10-6-2-4-8-12(10)20)21-16-15(13)22-18(24)17(16)23/h1-8H. The largest absolute Gasteiger partial charge is 0.320 e. The normalized spacial score (nSPS) is 11.2. The van der Waals surface area contributed by atoms with Crippen molar-refractivity contribution in [3.63, 3.8) is 0 Å². The third-order valence-electron chi connectivity index (χ3n) is 3.82. The van der Waals surface area contributed by atoms with Crippen LogP contribution in [-0.2, 0) is 0 Å². The van der Waals surface area contributed by atoms with Crippen LogP contribution in [0.2, 0.25) is 10.0 Å². The summed E-state index contributed by atoms with van der Waals surface area (Å²) >= 11 is 12.6. The van der Waals surface area contributed by atoms with Crippen molar-refractivity contribution in [1.29, 1.82) is 0 Å². The Morgan fingerprint density at radius 3 is 1.88 bits per heavy atom. The van der Waals surface area contributed by atoms with Gasteiger partial charge in [-0.2, -0.15) is 0 Å². The number of hydrogen-bond donors (Lipinski definition) is 0. The average molecular weight is 355 g/mol. The maximum atomic E-state index is 12.0. The highest BCUT2D eigenvalue weighted by Crippen LogP contribution is 2.43. The van der Waals surface area contributed by atoms with E-state index in [0.29, 0.717) is 32.4 Å². The summed E-state index contributed by atoms with van der Waals surface area (Å²) in [6.45, 7) is 0. The van der Waals surface area contributed by atoms with Gasteiger partial charge in [0.2, 0.25) is 0 Å². The minimum absolute atomic E-state index is 0.0461. The Labute approximate surface area is 146 Å².